The van der Waals surface area contributed by atoms with Crippen LogP contribution in [0.25, 0.3) is 0 Å². The number of fused-ring (bicyclic) bond motifs is 2. The zero-order chi connectivity index (χ0) is 72.2. The van der Waals surface area contributed by atoms with Crippen LogP contribution < -0.4 is 16.0 Å². The zero-order valence-electron chi connectivity index (χ0n) is 59.3. The van der Waals surface area contributed by atoms with Crippen LogP contribution in [-0.4, -0.2) is 250 Å². The number of nitrogens with one attached hydrogen (secondary N) is 3. The SMILES string of the molecule is CC[C@H](C)[C@@H]1NC(=O)[C@H](CC(C)C)N(C)C(=O)C[C@@H](C(=O)N2CCCCC2)N(C)C(=O)[C@H](C(C)C)N(C)C(=O)[C@H](C)NC(=O)[C@@H]2CCCN2C(=O)[C@H](CCc2ccc(C(F)(F)F)c(Cl)c2)NC(=O)CN(C)C(=O)[C@H](CC2CCCCC2)N(C)C(=O)[C@@H]2CCN2C(=O)[C@H](C)N(C)C1=O. The molecule has 12 amide bonds. The second-order valence-electron chi connectivity index (χ2n) is 28.5. The summed E-state index contributed by atoms with van der Waals surface area (Å²) in [6.07, 6.45) is 2.36. The van der Waals surface area contributed by atoms with Gasteiger partial charge in [-0.15, -0.1) is 0 Å². The third-order valence-electron chi connectivity index (χ3n) is 20.7. The fraction of sp³-hybridized carbons (Fsp3) is 0.739. The number of hydrogen-bond acceptors (Lipinski definition) is 12. The molecule has 0 spiro atoms. The molecule has 5 fully saturated rings. The Balaban J connectivity index is 1.40. The molecule has 4 saturated heterocycles. The van der Waals surface area contributed by atoms with E-state index in [-0.39, 0.29) is 63.5 Å². The van der Waals surface area contributed by atoms with Crippen molar-refractivity contribution < 1.29 is 70.7 Å². The zero-order valence-corrected chi connectivity index (χ0v) is 60.1. The van der Waals surface area contributed by atoms with E-state index in [0.29, 0.717) is 44.3 Å². The average molecular weight is 1390 g/mol. The monoisotopic (exact) mass is 1390 g/mol. The fourth-order valence-corrected chi connectivity index (χ4v) is 14.5. The molecule has 0 aromatic heterocycles. The van der Waals surface area contributed by atoms with Crippen LogP contribution in [0.3, 0.4) is 0 Å². The number of benzene rings is 1. The molecule has 0 unspecified atom stereocenters. The van der Waals surface area contributed by atoms with Gasteiger partial charge in [-0.2, -0.15) is 13.2 Å². The van der Waals surface area contributed by atoms with Crippen LogP contribution in [0.1, 0.15) is 169 Å². The number of likely N-dealkylation sites (N-methyl/N-ethyl adjacent to an activating group) is 6. The van der Waals surface area contributed by atoms with E-state index >= 15 is 4.79 Å². The summed E-state index contributed by atoms with van der Waals surface area (Å²) in [4.78, 5) is 189. The Labute approximate surface area is 575 Å². The molecule has 542 valence electrons. The molecule has 11 atom stereocenters. The van der Waals surface area contributed by atoms with E-state index in [9.17, 15) is 65.9 Å². The van der Waals surface area contributed by atoms with Crippen LogP contribution in [0.4, 0.5) is 13.2 Å². The van der Waals surface area contributed by atoms with Crippen molar-refractivity contribution in [1.82, 2.24) is 60.0 Å². The summed E-state index contributed by atoms with van der Waals surface area (Å²) in [5.74, 6) is -9.18. The van der Waals surface area contributed by atoms with E-state index in [0.717, 1.165) is 65.4 Å². The minimum absolute atomic E-state index is 0.0210. The highest BCUT2D eigenvalue weighted by Gasteiger charge is 2.48. The summed E-state index contributed by atoms with van der Waals surface area (Å²) in [7, 11) is 8.46. The largest absolute Gasteiger partial charge is 0.417 e. The normalized spacial score (nSPS) is 27.8. The number of carbonyl (C=O) groups is 12. The lowest BCUT2D eigenvalue weighted by Crippen LogP contribution is -2.65. The van der Waals surface area contributed by atoms with Crippen LogP contribution in [0, 0.1) is 23.7 Å². The molecule has 6 rings (SSSR count). The maximum absolute atomic E-state index is 15.1. The molecule has 1 aliphatic carbocycles. The number of piperidine rings is 1. The Kier molecular flexibility index (Phi) is 28.2. The van der Waals surface area contributed by atoms with Crippen molar-refractivity contribution >= 4 is 82.5 Å². The number of alkyl halides is 3. The molecule has 1 saturated carbocycles. The van der Waals surface area contributed by atoms with Crippen molar-refractivity contribution in [3.8, 4) is 0 Å². The van der Waals surface area contributed by atoms with E-state index in [4.69, 9.17) is 11.6 Å². The molecule has 4 heterocycles. The second-order valence-corrected chi connectivity index (χ2v) is 28.9. The Morgan fingerprint density at radius 3 is 1.82 bits per heavy atom. The molecule has 3 N–H and O–H groups in total. The van der Waals surface area contributed by atoms with Crippen molar-refractivity contribution in [2.75, 3.05) is 75.0 Å². The molecule has 5 aliphatic rings. The summed E-state index contributed by atoms with van der Waals surface area (Å²) in [6, 6.07) is -9.22. The number of likely N-dealkylation sites (tertiary alicyclic amines) is 1. The maximum atomic E-state index is 15.1. The van der Waals surface area contributed by atoms with E-state index in [1.54, 1.807) is 25.7 Å². The maximum Gasteiger partial charge on any atom is 0.417 e. The molecule has 28 heteroatoms. The van der Waals surface area contributed by atoms with Gasteiger partial charge in [-0.25, -0.2) is 0 Å². The first-order chi connectivity index (χ1) is 45.5. The minimum Gasteiger partial charge on any atom is -0.343 e. The van der Waals surface area contributed by atoms with E-state index < -0.39 is 173 Å². The molecule has 1 aromatic carbocycles. The highest BCUT2D eigenvalue weighted by atomic mass is 35.5. The number of amides is 12. The van der Waals surface area contributed by atoms with Gasteiger partial charge in [0.05, 0.1) is 23.6 Å². The van der Waals surface area contributed by atoms with Crippen molar-refractivity contribution in [1.29, 1.82) is 0 Å². The first-order valence-electron chi connectivity index (χ1n) is 34.7. The highest BCUT2D eigenvalue weighted by Crippen LogP contribution is 2.36. The summed E-state index contributed by atoms with van der Waals surface area (Å²) >= 11 is 6.12. The van der Waals surface area contributed by atoms with Gasteiger partial charge in [0.25, 0.3) is 0 Å². The van der Waals surface area contributed by atoms with E-state index in [1.165, 1.54) is 86.7 Å². The highest BCUT2D eigenvalue weighted by molar-refractivity contribution is 6.31. The van der Waals surface area contributed by atoms with Crippen molar-refractivity contribution in [2.45, 2.75) is 231 Å². The Morgan fingerprint density at radius 2 is 1.25 bits per heavy atom. The molecule has 0 bridgehead atoms. The molecule has 1 aromatic rings. The quantitative estimate of drug-likeness (QED) is 0.261. The van der Waals surface area contributed by atoms with Crippen molar-refractivity contribution in [2.24, 2.45) is 23.7 Å². The predicted molar refractivity (Wildman–Crippen MR) is 357 cm³/mol. The van der Waals surface area contributed by atoms with Crippen molar-refractivity contribution in [3.05, 3.63) is 34.3 Å². The number of aryl methyl sites for hydroxylation is 1. The van der Waals surface area contributed by atoms with E-state index in [1.807, 2.05) is 20.8 Å². The second kappa shape index (κ2) is 34.6. The Bertz CT molecular complexity index is 3040. The molecule has 97 heavy (non-hydrogen) atoms. The minimum atomic E-state index is -4.76. The first kappa shape index (κ1) is 78.9. The van der Waals surface area contributed by atoms with E-state index in [2.05, 4.69) is 16.0 Å². The summed E-state index contributed by atoms with van der Waals surface area (Å²) < 4.78 is 41.4. The topological polar surface area (TPSA) is 270 Å². The van der Waals surface area contributed by atoms with Crippen LogP contribution >= 0.6 is 11.6 Å². The molecular weight excluding hydrogens is 1280 g/mol. The van der Waals surface area contributed by atoms with Gasteiger partial charge in [0, 0.05) is 68.5 Å². The van der Waals surface area contributed by atoms with Gasteiger partial charge in [-0.05, 0) is 119 Å². The standard InChI is InChI=1S/C69H106ClF3N12O12/c1-15-42(6)57-67(96)78(10)44(8)62(91)85-34-30-51(85)65(94)80(12)53(37-45-23-18-16-19-24-45)64(93)77(9)39-55(86)75-49(29-27-46-26-28-47(48(70)36-46)69(71,72)73)63(92)84-33-22-25-50(84)59(88)74-43(7)61(90)82(14)58(41(4)5)68(97)81(13)54(66(95)83-31-20-17-21-32-83)38-56(87)79(11)52(35-40(2)3)60(89)76-57/h26,28,36,40-45,49-54,57-58H,15-25,27,29-35,37-39H2,1-14H3,(H,74,88)(H,75,86)(H,76,89)/t42-,43-,44-,49-,50-,51-,52-,53-,54-,57-,58-/m0/s1. The Hall–Kier alpha value is -7.06. The number of halogens is 4. The van der Waals surface area contributed by atoms with Gasteiger partial charge in [-0.1, -0.05) is 97.7 Å². The smallest absolute Gasteiger partial charge is 0.343 e. The Morgan fingerprint density at radius 1 is 0.619 bits per heavy atom. The summed E-state index contributed by atoms with van der Waals surface area (Å²) in [5, 5.41) is 7.79. The molecule has 24 nitrogen and oxygen atoms in total. The molecule has 0 radical (unpaired) electrons. The number of carbonyl (C=O) groups excluding carboxylic acids is 12. The van der Waals surface area contributed by atoms with Gasteiger partial charge < -0.3 is 60.0 Å². The molecular formula is C69H106ClF3N12O12. The number of rotatable bonds is 11. The number of nitrogens with zero attached hydrogens (tertiary/aromatic N) is 9. The summed E-state index contributed by atoms with van der Waals surface area (Å²) in [5.41, 5.74) is -0.785. The third kappa shape index (κ3) is 19.4. The van der Waals surface area contributed by atoms with Gasteiger partial charge in [0.2, 0.25) is 70.9 Å². The lowest BCUT2D eigenvalue weighted by atomic mass is 9.84. The van der Waals surface area contributed by atoms with Gasteiger partial charge in [0.1, 0.15) is 60.4 Å². The predicted octanol–water partition coefficient (Wildman–Crippen LogP) is 5.11. The first-order valence-corrected chi connectivity index (χ1v) is 35.1. The third-order valence-corrected chi connectivity index (χ3v) is 21.0. The van der Waals surface area contributed by atoms with Crippen LogP contribution in [-0.2, 0) is 70.1 Å². The van der Waals surface area contributed by atoms with Crippen molar-refractivity contribution in [3.63, 3.8) is 0 Å². The fourth-order valence-electron chi connectivity index (χ4n) is 14.2. The number of hydrogen-bond donors (Lipinski definition) is 3. The lowest BCUT2D eigenvalue weighted by Gasteiger charge is -2.45. The van der Waals surface area contributed by atoms with Gasteiger partial charge in [0.15, 0.2) is 0 Å². The summed E-state index contributed by atoms with van der Waals surface area (Å²) in [6.45, 7) is 13.9. The van der Waals surface area contributed by atoms with Gasteiger partial charge >= 0.3 is 6.18 Å². The van der Waals surface area contributed by atoms with Gasteiger partial charge in [-0.3, -0.25) is 57.5 Å². The van der Waals surface area contributed by atoms with Crippen LogP contribution in [0.15, 0.2) is 18.2 Å². The average Bonchev–Trinajstić information content (AvgIpc) is 1.21. The van der Waals surface area contributed by atoms with Crippen LogP contribution in [0.2, 0.25) is 5.02 Å². The molecule has 4 aliphatic heterocycles. The van der Waals surface area contributed by atoms with Crippen LogP contribution in [0.5, 0.6) is 0 Å². The lowest BCUT2D eigenvalue weighted by molar-refractivity contribution is -0.160.